The summed E-state index contributed by atoms with van der Waals surface area (Å²) in [6.45, 7) is 20.9. The van der Waals surface area contributed by atoms with Crippen molar-refractivity contribution in [2.75, 3.05) is 24.6 Å². The normalized spacial score (nSPS) is 16.8. The molecule has 204 valence electrons. The van der Waals surface area contributed by atoms with Crippen molar-refractivity contribution in [3.8, 4) is 17.0 Å². The van der Waals surface area contributed by atoms with E-state index in [9.17, 15) is 9.90 Å². The molecule has 3 heterocycles. The Hall–Kier alpha value is -2.67. The zero-order valence-electron chi connectivity index (χ0n) is 24.1. The first-order valence-electron chi connectivity index (χ1n) is 13.5. The van der Waals surface area contributed by atoms with Gasteiger partial charge in [0.2, 0.25) is 0 Å². The summed E-state index contributed by atoms with van der Waals surface area (Å²) >= 11 is 0. The molecule has 0 spiro atoms. The fourth-order valence-corrected chi connectivity index (χ4v) is 4.74. The Labute approximate surface area is 222 Å². The monoisotopic (exact) mass is 511 g/mol. The Kier molecular flexibility index (Phi) is 8.89. The molecule has 1 aliphatic heterocycles. The standard InChI is InChI=1S/C30H45N3O4/c1-19(2)18-36-22-10-11-24(32-16-22)23-17-31-21(5)25(27(28(34)35)37-29(6,7)8)26(23)33-14-12-30(9,13-15-33)20(3)4/h10-11,16-17,19-20,27H,12-15,18H2,1-9H3,(H,34,35)/t27-/m0/s1. The van der Waals surface area contributed by atoms with Gasteiger partial charge in [-0.05, 0) is 69.9 Å². The van der Waals surface area contributed by atoms with Gasteiger partial charge in [0.1, 0.15) is 5.75 Å². The minimum Gasteiger partial charge on any atom is -0.492 e. The number of carboxylic acid groups (broad SMARTS) is 1. The van der Waals surface area contributed by atoms with E-state index in [0.717, 1.165) is 42.9 Å². The van der Waals surface area contributed by atoms with E-state index in [2.05, 4.69) is 44.5 Å². The molecular formula is C30H45N3O4. The lowest BCUT2D eigenvalue weighted by Crippen LogP contribution is -2.42. The van der Waals surface area contributed by atoms with Crippen molar-refractivity contribution in [2.24, 2.45) is 17.3 Å². The maximum Gasteiger partial charge on any atom is 0.337 e. The number of ether oxygens (including phenoxy) is 2. The smallest absolute Gasteiger partial charge is 0.337 e. The highest BCUT2D eigenvalue weighted by atomic mass is 16.5. The lowest BCUT2D eigenvalue weighted by Gasteiger charge is -2.44. The highest BCUT2D eigenvalue weighted by Gasteiger charge is 2.38. The predicted molar refractivity (Wildman–Crippen MR) is 148 cm³/mol. The summed E-state index contributed by atoms with van der Waals surface area (Å²) in [7, 11) is 0. The topological polar surface area (TPSA) is 84.8 Å². The zero-order valence-corrected chi connectivity index (χ0v) is 24.1. The number of aliphatic carboxylic acids is 1. The van der Waals surface area contributed by atoms with Gasteiger partial charge >= 0.3 is 5.97 Å². The highest BCUT2D eigenvalue weighted by molar-refractivity contribution is 5.85. The van der Waals surface area contributed by atoms with E-state index in [1.807, 2.05) is 46.0 Å². The molecule has 37 heavy (non-hydrogen) atoms. The summed E-state index contributed by atoms with van der Waals surface area (Å²) in [5.74, 6) is 0.683. The van der Waals surface area contributed by atoms with E-state index >= 15 is 0 Å². The van der Waals surface area contributed by atoms with Gasteiger partial charge in [0.15, 0.2) is 6.10 Å². The van der Waals surface area contributed by atoms with Gasteiger partial charge in [0, 0.05) is 36.1 Å². The highest BCUT2D eigenvalue weighted by Crippen LogP contribution is 2.45. The summed E-state index contributed by atoms with van der Waals surface area (Å²) in [6.07, 6.45) is 4.45. The third-order valence-corrected chi connectivity index (χ3v) is 7.46. The minimum atomic E-state index is -1.14. The molecule has 2 aromatic rings. The maximum atomic E-state index is 12.6. The van der Waals surface area contributed by atoms with Crippen LogP contribution < -0.4 is 9.64 Å². The second kappa shape index (κ2) is 11.4. The molecular weight excluding hydrogens is 466 g/mol. The van der Waals surface area contributed by atoms with Crippen molar-refractivity contribution in [1.82, 2.24) is 9.97 Å². The van der Waals surface area contributed by atoms with Gasteiger partial charge in [-0.15, -0.1) is 0 Å². The van der Waals surface area contributed by atoms with Gasteiger partial charge in [-0.2, -0.15) is 0 Å². The Balaban J connectivity index is 2.13. The van der Waals surface area contributed by atoms with Crippen LogP contribution in [0.15, 0.2) is 24.5 Å². The molecule has 0 unspecified atom stereocenters. The van der Waals surface area contributed by atoms with E-state index in [0.29, 0.717) is 35.4 Å². The molecule has 7 heteroatoms. The van der Waals surface area contributed by atoms with Crippen molar-refractivity contribution in [2.45, 2.75) is 86.9 Å². The van der Waals surface area contributed by atoms with Crippen molar-refractivity contribution >= 4 is 11.7 Å². The van der Waals surface area contributed by atoms with E-state index in [4.69, 9.17) is 14.5 Å². The number of aryl methyl sites for hydroxylation is 1. The molecule has 1 atom stereocenters. The molecule has 1 aliphatic rings. The second-order valence-electron chi connectivity index (χ2n) is 12.3. The number of anilines is 1. The quantitative estimate of drug-likeness (QED) is 0.401. The van der Waals surface area contributed by atoms with Crippen LogP contribution in [0.2, 0.25) is 0 Å². The molecule has 0 saturated carbocycles. The molecule has 0 radical (unpaired) electrons. The number of rotatable bonds is 9. The number of pyridine rings is 2. The third kappa shape index (κ3) is 7.01. The zero-order chi connectivity index (χ0) is 27.5. The first-order valence-corrected chi connectivity index (χ1v) is 13.5. The maximum absolute atomic E-state index is 12.6. The van der Waals surface area contributed by atoms with Crippen LogP contribution in [0.25, 0.3) is 11.3 Å². The fourth-order valence-electron chi connectivity index (χ4n) is 4.74. The van der Waals surface area contributed by atoms with E-state index in [1.54, 1.807) is 6.20 Å². The molecule has 7 nitrogen and oxygen atoms in total. The van der Waals surface area contributed by atoms with Crippen LogP contribution in [-0.4, -0.2) is 46.3 Å². The molecule has 0 amide bonds. The number of nitrogens with zero attached hydrogens (tertiary/aromatic N) is 3. The van der Waals surface area contributed by atoms with Crippen LogP contribution in [0.4, 0.5) is 5.69 Å². The van der Waals surface area contributed by atoms with Gasteiger partial charge in [0.25, 0.3) is 0 Å². The first kappa shape index (κ1) is 28.9. The van der Waals surface area contributed by atoms with Gasteiger partial charge in [-0.25, -0.2) is 4.79 Å². The number of piperidine rings is 1. The first-order chi connectivity index (χ1) is 17.2. The summed E-state index contributed by atoms with van der Waals surface area (Å²) in [5.41, 5.74) is 3.28. The molecule has 0 aromatic carbocycles. The van der Waals surface area contributed by atoms with Gasteiger partial charge in [0.05, 0.1) is 29.8 Å². The molecule has 0 bridgehead atoms. The lowest BCUT2D eigenvalue weighted by molar-refractivity contribution is -0.160. The Bertz CT molecular complexity index is 1070. The molecule has 1 saturated heterocycles. The van der Waals surface area contributed by atoms with Crippen LogP contribution in [-0.2, 0) is 9.53 Å². The van der Waals surface area contributed by atoms with Gasteiger partial charge in [-0.3, -0.25) is 9.97 Å². The van der Waals surface area contributed by atoms with Crippen LogP contribution in [0, 0.1) is 24.2 Å². The number of carboxylic acids is 1. The number of carbonyl (C=O) groups is 1. The van der Waals surface area contributed by atoms with Crippen LogP contribution >= 0.6 is 0 Å². The van der Waals surface area contributed by atoms with Crippen LogP contribution in [0.3, 0.4) is 0 Å². The van der Waals surface area contributed by atoms with E-state index in [-0.39, 0.29) is 5.41 Å². The Morgan fingerprint density at radius 1 is 1.11 bits per heavy atom. The Morgan fingerprint density at radius 2 is 1.76 bits per heavy atom. The van der Waals surface area contributed by atoms with Gasteiger partial charge in [-0.1, -0.05) is 34.6 Å². The van der Waals surface area contributed by atoms with Crippen molar-refractivity contribution < 1.29 is 19.4 Å². The average Bonchev–Trinajstić information content (AvgIpc) is 2.81. The predicted octanol–water partition coefficient (Wildman–Crippen LogP) is 6.69. The third-order valence-electron chi connectivity index (χ3n) is 7.46. The largest absolute Gasteiger partial charge is 0.492 e. The average molecular weight is 512 g/mol. The lowest BCUT2D eigenvalue weighted by atomic mass is 9.71. The molecule has 0 aliphatic carbocycles. The SMILES string of the molecule is Cc1ncc(-c2ccc(OCC(C)C)cn2)c(N2CCC(C)(C(C)C)CC2)c1[C@H](OC(C)(C)C)C(=O)O. The van der Waals surface area contributed by atoms with Crippen LogP contribution in [0.5, 0.6) is 5.75 Å². The summed E-state index contributed by atoms with van der Waals surface area (Å²) in [5, 5.41) is 10.3. The molecule has 2 aromatic heterocycles. The number of hydrogen-bond donors (Lipinski definition) is 1. The summed E-state index contributed by atoms with van der Waals surface area (Å²) in [4.78, 5) is 24.2. The molecule has 3 rings (SSSR count). The van der Waals surface area contributed by atoms with E-state index < -0.39 is 17.7 Å². The van der Waals surface area contributed by atoms with Crippen molar-refractivity contribution in [3.05, 3.63) is 35.8 Å². The Morgan fingerprint density at radius 3 is 2.24 bits per heavy atom. The summed E-state index contributed by atoms with van der Waals surface area (Å²) < 4.78 is 12.0. The number of hydrogen-bond acceptors (Lipinski definition) is 6. The van der Waals surface area contributed by atoms with Gasteiger partial charge < -0.3 is 19.5 Å². The van der Waals surface area contributed by atoms with Crippen molar-refractivity contribution in [1.29, 1.82) is 0 Å². The summed E-state index contributed by atoms with van der Waals surface area (Å²) in [6, 6.07) is 3.85. The molecule has 1 fully saturated rings. The van der Waals surface area contributed by atoms with E-state index in [1.165, 1.54) is 0 Å². The molecule has 1 N–H and O–H groups in total. The van der Waals surface area contributed by atoms with Crippen LogP contribution in [0.1, 0.15) is 85.6 Å². The number of aromatic nitrogens is 2. The van der Waals surface area contributed by atoms with Crippen molar-refractivity contribution in [3.63, 3.8) is 0 Å². The minimum absolute atomic E-state index is 0.251. The second-order valence-corrected chi connectivity index (χ2v) is 12.3. The fraction of sp³-hybridized carbons (Fsp3) is 0.633.